The molecule has 3 N–H and O–H groups in total. The van der Waals surface area contributed by atoms with E-state index in [1.807, 2.05) is 36.4 Å². The molecule has 0 spiro atoms. The Balaban J connectivity index is 1.31. The van der Waals surface area contributed by atoms with Gasteiger partial charge in [0.2, 0.25) is 5.91 Å². The molecule has 1 saturated heterocycles. The van der Waals surface area contributed by atoms with Crippen LogP contribution in [-0.2, 0) is 11.3 Å². The van der Waals surface area contributed by atoms with Gasteiger partial charge in [0.05, 0.1) is 5.92 Å². The van der Waals surface area contributed by atoms with Crippen LogP contribution < -0.4 is 11.1 Å². The maximum Gasteiger partial charge on any atom is 0.255 e. The molecule has 29 heavy (non-hydrogen) atoms. The molecule has 0 unspecified atom stereocenters. The van der Waals surface area contributed by atoms with E-state index in [4.69, 9.17) is 5.73 Å². The SMILES string of the molecule is NC(=O)[C@@H]1CCCN(Cc2ccc(NC(=O)c3ccc(C4CCC4)cc3)cc2)C1. The summed E-state index contributed by atoms with van der Waals surface area (Å²) >= 11 is 0. The zero-order chi connectivity index (χ0) is 20.2. The highest BCUT2D eigenvalue weighted by molar-refractivity contribution is 6.04. The predicted molar refractivity (Wildman–Crippen MR) is 115 cm³/mol. The van der Waals surface area contributed by atoms with Crippen molar-refractivity contribution in [3.05, 3.63) is 65.2 Å². The molecular formula is C24H29N3O2. The number of primary amides is 1. The highest BCUT2D eigenvalue weighted by atomic mass is 16.2. The molecule has 0 aromatic heterocycles. The number of benzene rings is 2. The van der Waals surface area contributed by atoms with E-state index in [2.05, 4.69) is 22.3 Å². The van der Waals surface area contributed by atoms with Gasteiger partial charge in [0.1, 0.15) is 0 Å². The van der Waals surface area contributed by atoms with E-state index >= 15 is 0 Å². The molecule has 2 aromatic carbocycles. The molecule has 2 fully saturated rings. The van der Waals surface area contributed by atoms with Crippen molar-refractivity contribution in [2.45, 2.75) is 44.6 Å². The Labute approximate surface area is 172 Å². The summed E-state index contributed by atoms with van der Waals surface area (Å²) in [7, 11) is 0. The van der Waals surface area contributed by atoms with Gasteiger partial charge in [0.25, 0.3) is 5.91 Å². The Morgan fingerprint density at radius 1 is 0.966 bits per heavy atom. The molecule has 2 aliphatic rings. The number of anilines is 1. The second-order valence-corrected chi connectivity index (χ2v) is 8.38. The molecule has 5 nitrogen and oxygen atoms in total. The number of amides is 2. The van der Waals surface area contributed by atoms with Crippen LogP contribution in [0, 0.1) is 5.92 Å². The molecule has 2 aromatic rings. The molecule has 4 rings (SSSR count). The van der Waals surface area contributed by atoms with Gasteiger partial charge in [-0.05, 0) is 73.5 Å². The summed E-state index contributed by atoms with van der Waals surface area (Å²) in [5.41, 5.74) is 9.44. The number of carbonyl (C=O) groups is 2. The molecule has 1 aliphatic heterocycles. The third kappa shape index (κ3) is 4.85. The summed E-state index contributed by atoms with van der Waals surface area (Å²) in [6, 6.07) is 15.9. The molecular weight excluding hydrogens is 362 g/mol. The number of likely N-dealkylation sites (tertiary alicyclic amines) is 1. The van der Waals surface area contributed by atoms with Crippen molar-refractivity contribution in [1.82, 2.24) is 4.90 Å². The largest absolute Gasteiger partial charge is 0.369 e. The summed E-state index contributed by atoms with van der Waals surface area (Å²) in [4.78, 5) is 26.2. The summed E-state index contributed by atoms with van der Waals surface area (Å²) in [5.74, 6) is 0.350. The van der Waals surface area contributed by atoms with Gasteiger partial charge < -0.3 is 11.1 Å². The summed E-state index contributed by atoms with van der Waals surface area (Å²) < 4.78 is 0. The topological polar surface area (TPSA) is 75.4 Å². The number of hydrogen-bond acceptors (Lipinski definition) is 3. The normalized spacial score (nSPS) is 20.1. The third-order valence-corrected chi connectivity index (χ3v) is 6.28. The molecule has 1 atom stereocenters. The number of piperidine rings is 1. The number of nitrogens with zero attached hydrogens (tertiary/aromatic N) is 1. The van der Waals surface area contributed by atoms with Gasteiger partial charge in [-0.2, -0.15) is 0 Å². The first-order valence-corrected chi connectivity index (χ1v) is 10.6. The van der Waals surface area contributed by atoms with Gasteiger partial charge in [-0.25, -0.2) is 0 Å². The van der Waals surface area contributed by atoms with Crippen LogP contribution in [0.25, 0.3) is 0 Å². The lowest BCUT2D eigenvalue weighted by atomic mass is 9.80. The minimum Gasteiger partial charge on any atom is -0.369 e. The maximum atomic E-state index is 12.5. The molecule has 2 amide bonds. The first-order chi connectivity index (χ1) is 14.1. The Hall–Kier alpha value is -2.66. The van der Waals surface area contributed by atoms with Gasteiger partial charge in [0.15, 0.2) is 0 Å². The van der Waals surface area contributed by atoms with E-state index in [-0.39, 0.29) is 17.7 Å². The van der Waals surface area contributed by atoms with Crippen LogP contribution in [0.15, 0.2) is 48.5 Å². The first kappa shape index (κ1) is 19.6. The summed E-state index contributed by atoms with van der Waals surface area (Å²) in [6.07, 6.45) is 5.73. The second-order valence-electron chi connectivity index (χ2n) is 8.38. The number of nitrogens with one attached hydrogen (secondary N) is 1. The molecule has 152 valence electrons. The minimum atomic E-state index is -0.200. The quantitative estimate of drug-likeness (QED) is 0.784. The molecule has 5 heteroatoms. The predicted octanol–water partition coefficient (Wildman–Crippen LogP) is 3.90. The number of rotatable bonds is 6. The summed E-state index contributed by atoms with van der Waals surface area (Å²) in [5, 5.41) is 2.97. The van der Waals surface area contributed by atoms with Crippen LogP contribution >= 0.6 is 0 Å². The van der Waals surface area contributed by atoms with Crippen LogP contribution in [0.3, 0.4) is 0 Å². The monoisotopic (exact) mass is 391 g/mol. The van der Waals surface area contributed by atoms with Gasteiger partial charge in [-0.1, -0.05) is 30.7 Å². The van der Waals surface area contributed by atoms with E-state index in [1.54, 1.807) is 0 Å². The van der Waals surface area contributed by atoms with E-state index in [1.165, 1.54) is 24.8 Å². The highest BCUT2D eigenvalue weighted by Crippen LogP contribution is 2.36. The van der Waals surface area contributed by atoms with Crippen LogP contribution in [0.4, 0.5) is 5.69 Å². The number of hydrogen-bond donors (Lipinski definition) is 2. The number of nitrogens with two attached hydrogens (primary N) is 1. The lowest BCUT2D eigenvalue weighted by Crippen LogP contribution is -2.40. The maximum absolute atomic E-state index is 12.5. The Bertz CT molecular complexity index is 857. The summed E-state index contributed by atoms with van der Waals surface area (Å²) in [6.45, 7) is 2.50. The Morgan fingerprint density at radius 3 is 2.31 bits per heavy atom. The van der Waals surface area contributed by atoms with Gasteiger partial charge >= 0.3 is 0 Å². The van der Waals surface area contributed by atoms with Gasteiger partial charge in [-0.15, -0.1) is 0 Å². The standard InChI is InChI=1S/C24H29N3O2/c25-23(28)21-5-2-14-27(16-21)15-17-6-12-22(13-7-17)26-24(29)20-10-8-19(9-11-20)18-3-1-4-18/h6-13,18,21H,1-5,14-16H2,(H2,25,28)(H,26,29)/t21-/m1/s1. The van der Waals surface area contributed by atoms with Crippen LogP contribution in [0.5, 0.6) is 0 Å². The van der Waals surface area contributed by atoms with Crippen molar-refractivity contribution in [1.29, 1.82) is 0 Å². The molecule has 1 heterocycles. The molecule has 1 saturated carbocycles. The van der Waals surface area contributed by atoms with Gasteiger partial charge in [0, 0.05) is 24.3 Å². The number of carbonyl (C=O) groups excluding carboxylic acids is 2. The fourth-order valence-corrected chi connectivity index (χ4v) is 4.23. The van der Waals surface area contributed by atoms with E-state index < -0.39 is 0 Å². The first-order valence-electron chi connectivity index (χ1n) is 10.6. The second kappa shape index (κ2) is 8.78. The minimum absolute atomic E-state index is 0.0435. The third-order valence-electron chi connectivity index (χ3n) is 6.28. The highest BCUT2D eigenvalue weighted by Gasteiger charge is 2.24. The fraction of sp³-hybridized carbons (Fsp3) is 0.417. The van der Waals surface area contributed by atoms with Crippen molar-refractivity contribution in [3.8, 4) is 0 Å². The van der Waals surface area contributed by atoms with Crippen LogP contribution in [0.2, 0.25) is 0 Å². The van der Waals surface area contributed by atoms with Crippen molar-refractivity contribution < 1.29 is 9.59 Å². The Kier molecular flexibility index (Phi) is 5.95. The van der Waals surface area contributed by atoms with Crippen molar-refractivity contribution in [2.24, 2.45) is 11.7 Å². The lowest BCUT2D eigenvalue weighted by Gasteiger charge is -2.31. The zero-order valence-corrected chi connectivity index (χ0v) is 16.8. The fourth-order valence-electron chi connectivity index (χ4n) is 4.23. The smallest absolute Gasteiger partial charge is 0.255 e. The Morgan fingerprint density at radius 2 is 1.69 bits per heavy atom. The zero-order valence-electron chi connectivity index (χ0n) is 16.8. The molecule has 1 aliphatic carbocycles. The van der Waals surface area contributed by atoms with Crippen molar-refractivity contribution in [2.75, 3.05) is 18.4 Å². The van der Waals surface area contributed by atoms with Crippen molar-refractivity contribution >= 4 is 17.5 Å². The van der Waals surface area contributed by atoms with Crippen LogP contribution in [-0.4, -0.2) is 29.8 Å². The van der Waals surface area contributed by atoms with Crippen LogP contribution in [0.1, 0.15) is 59.5 Å². The average Bonchev–Trinajstić information content (AvgIpc) is 2.69. The lowest BCUT2D eigenvalue weighted by molar-refractivity contribution is -0.123. The van der Waals surface area contributed by atoms with Crippen molar-refractivity contribution in [3.63, 3.8) is 0 Å². The van der Waals surface area contributed by atoms with E-state index in [9.17, 15) is 9.59 Å². The molecule has 0 radical (unpaired) electrons. The molecule has 0 bridgehead atoms. The van der Waals surface area contributed by atoms with E-state index in [0.717, 1.165) is 43.7 Å². The van der Waals surface area contributed by atoms with E-state index in [0.29, 0.717) is 11.5 Å². The van der Waals surface area contributed by atoms with Gasteiger partial charge in [-0.3, -0.25) is 14.5 Å². The average molecular weight is 392 g/mol.